The molecule has 9 heteroatoms. The Morgan fingerprint density at radius 1 is 1.11 bits per heavy atom. The average molecular weight is 530 g/mol. The molecule has 0 fully saturated rings. The molecule has 0 atom stereocenters. The second kappa shape index (κ2) is 12.1. The molecule has 3 rings (SSSR count). The smallest absolute Gasteiger partial charge is 0.257 e. The summed E-state index contributed by atoms with van der Waals surface area (Å²) in [5, 5.41) is 0.727. The summed E-state index contributed by atoms with van der Waals surface area (Å²) in [4.78, 5) is 16.4. The number of hydrogen-bond donors (Lipinski definition) is 1. The molecule has 6 nitrogen and oxygen atoms in total. The molecule has 0 bridgehead atoms. The summed E-state index contributed by atoms with van der Waals surface area (Å²) in [6.07, 6.45) is 3.76. The van der Waals surface area contributed by atoms with E-state index in [9.17, 15) is 13.2 Å². The molecule has 3 aromatic rings. The van der Waals surface area contributed by atoms with Gasteiger partial charge in [-0.2, -0.15) is 0 Å². The molecule has 1 N–H and O–H groups in total. The van der Waals surface area contributed by atoms with E-state index in [2.05, 4.69) is 16.8 Å². The fraction of sp³-hybridized carbons (Fsp3) is 0.231. The highest BCUT2D eigenvalue weighted by molar-refractivity contribution is 7.90. The highest BCUT2D eigenvalue weighted by Gasteiger charge is 2.15. The lowest BCUT2D eigenvalue weighted by atomic mass is 10.1. The van der Waals surface area contributed by atoms with Gasteiger partial charge in [0.05, 0.1) is 18.0 Å². The van der Waals surface area contributed by atoms with Crippen molar-refractivity contribution in [1.82, 2.24) is 14.3 Å². The van der Waals surface area contributed by atoms with Crippen LogP contribution >= 0.6 is 23.2 Å². The Labute approximate surface area is 216 Å². The fourth-order valence-corrected chi connectivity index (χ4v) is 4.89. The molecule has 0 saturated heterocycles. The Morgan fingerprint density at radius 3 is 2.51 bits per heavy atom. The lowest BCUT2D eigenvalue weighted by Gasteiger charge is -2.10. The first kappa shape index (κ1) is 26.6. The quantitative estimate of drug-likeness (QED) is 0.321. The standard InChI is InChI=1S/C26H25Cl2N3O3S/c1-3-4-16-35(33,34)30-25(32)15-14-24-26(28)29-19(2)31(24)18-22-13-12-21(17-23(22)27)11-10-20-8-6-5-7-9-20/h5-9,12-15,17H,3-4,16,18H2,1-2H3,(H,30,32)/b15-14+. The van der Waals surface area contributed by atoms with Crippen LogP contribution in [-0.2, 0) is 21.4 Å². The van der Waals surface area contributed by atoms with Crippen molar-refractivity contribution in [1.29, 1.82) is 0 Å². The van der Waals surface area contributed by atoms with Crippen LogP contribution in [0.5, 0.6) is 0 Å². The number of aryl methyl sites for hydroxylation is 1. The summed E-state index contributed by atoms with van der Waals surface area (Å²) >= 11 is 12.8. The maximum absolute atomic E-state index is 12.2. The first-order valence-corrected chi connectivity index (χ1v) is 13.4. The summed E-state index contributed by atoms with van der Waals surface area (Å²) in [7, 11) is -3.68. The number of imidazole rings is 1. The van der Waals surface area contributed by atoms with Gasteiger partial charge in [-0.05, 0) is 49.2 Å². The van der Waals surface area contributed by atoms with Crippen molar-refractivity contribution in [3.8, 4) is 11.8 Å². The molecule has 35 heavy (non-hydrogen) atoms. The molecule has 0 aliphatic carbocycles. The monoisotopic (exact) mass is 529 g/mol. The van der Waals surface area contributed by atoms with E-state index >= 15 is 0 Å². The number of benzene rings is 2. The van der Waals surface area contributed by atoms with Gasteiger partial charge in [0.15, 0.2) is 5.15 Å². The molecule has 0 aliphatic heterocycles. The van der Waals surface area contributed by atoms with Crippen molar-refractivity contribution in [2.75, 3.05) is 5.75 Å². The number of carbonyl (C=O) groups is 1. The molecular formula is C26H25Cl2N3O3S. The van der Waals surface area contributed by atoms with Crippen LogP contribution < -0.4 is 4.72 Å². The molecule has 1 amide bonds. The van der Waals surface area contributed by atoms with Crippen LogP contribution in [0.4, 0.5) is 0 Å². The molecule has 182 valence electrons. The summed E-state index contributed by atoms with van der Waals surface area (Å²) in [6, 6.07) is 15.2. The Morgan fingerprint density at radius 2 is 1.83 bits per heavy atom. The van der Waals surface area contributed by atoms with Crippen molar-refractivity contribution < 1.29 is 13.2 Å². The Balaban J connectivity index is 1.78. The second-order valence-electron chi connectivity index (χ2n) is 7.82. The number of hydrogen-bond acceptors (Lipinski definition) is 4. The van der Waals surface area contributed by atoms with Gasteiger partial charge >= 0.3 is 0 Å². The van der Waals surface area contributed by atoms with E-state index in [-0.39, 0.29) is 10.9 Å². The molecule has 1 heterocycles. The minimum atomic E-state index is -3.68. The Kier molecular flexibility index (Phi) is 9.16. The first-order chi connectivity index (χ1) is 16.7. The van der Waals surface area contributed by atoms with Gasteiger partial charge in [-0.25, -0.2) is 18.1 Å². The van der Waals surface area contributed by atoms with Gasteiger partial charge in [0.2, 0.25) is 10.0 Å². The molecule has 0 unspecified atom stereocenters. The van der Waals surface area contributed by atoms with Crippen molar-refractivity contribution in [3.63, 3.8) is 0 Å². The van der Waals surface area contributed by atoms with Crippen LogP contribution in [-0.4, -0.2) is 29.6 Å². The van der Waals surface area contributed by atoms with Crippen molar-refractivity contribution in [2.45, 2.75) is 33.2 Å². The number of aromatic nitrogens is 2. The van der Waals surface area contributed by atoms with Crippen molar-refractivity contribution in [2.24, 2.45) is 0 Å². The molecule has 0 aliphatic rings. The molecule has 0 saturated carbocycles. The zero-order chi connectivity index (χ0) is 25.4. The highest BCUT2D eigenvalue weighted by atomic mass is 35.5. The molecular weight excluding hydrogens is 505 g/mol. The third kappa shape index (κ3) is 7.72. The van der Waals surface area contributed by atoms with Crippen LogP contribution in [0.1, 0.15) is 48.0 Å². The van der Waals surface area contributed by atoms with Crippen LogP contribution in [0.15, 0.2) is 54.6 Å². The number of carbonyl (C=O) groups excluding carboxylic acids is 1. The van der Waals surface area contributed by atoms with E-state index < -0.39 is 15.9 Å². The summed E-state index contributed by atoms with van der Waals surface area (Å²) in [5.74, 6) is 5.97. The zero-order valence-corrected chi connectivity index (χ0v) is 21.7. The van der Waals surface area contributed by atoms with E-state index in [4.69, 9.17) is 23.2 Å². The summed E-state index contributed by atoms with van der Waals surface area (Å²) in [6.45, 7) is 4.01. The third-order valence-electron chi connectivity index (χ3n) is 5.07. The van der Waals surface area contributed by atoms with Crippen molar-refractivity contribution in [3.05, 3.63) is 93.0 Å². The van der Waals surface area contributed by atoms with Gasteiger partial charge in [0, 0.05) is 22.2 Å². The number of sulfonamides is 1. The number of amides is 1. The van der Waals surface area contributed by atoms with Gasteiger partial charge in [0.25, 0.3) is 5.91 Å². The van der Waals surface area contributed by atoms with Gasteiger partial charge < -0.3 is 4.57 Å². The average Bonchev–Trinajstić information content (AvgIpc) is 3.08. The van der Waals surface area contributed by atoms with Crippen LogP contribution in [0.2, 0.25) is 10.2 Å². The lowest BCUT2D eigenvalue weighted by molar-refractivity contribution is -0.114. The third-order valence-corrected chi connectivity index (χ3v) is 7.04. The fourth-order valence-electron chi connectivity index (χ4n) is 3.22. The molecule has 0 radical (unpaired) electrons. The van der Waals surface area contributed by atoms with Crippen LogP contribution in [0.25, 0.3) is 6.08 Å². The largest absolute Gasteiger partial charge is 0.323 e. The Bertz CT molecular complexity index is 1400. The Hall–Kier alpha value is -3.05. The molecule has 2 aromatic carbocycles. The predicted molar refractivity (Wildman–Crippen MR) is 141 cm³/mol. The van der Waals surface area contributed by atoms with E-state index in [0.29, 0.717) is 35.9 Å². The van der Waals surface area contributed by atoms with E-state index in [0.717, 1.165) is 22.8 Å². The topological polar surface area (TPSA) is 81.1 Å². The number of unbranched alkanes of at least 4 members (excludes halogenated alkanes) is 1. The lowest BCUT2D eigenvalue weighted by Crippen LogP contribution is -2.31. The van der Waals surface area contributed by atoms with E-state index in [1.807, 2.05) is 54.1 Å². The maximum Gasteiger partial charge on any atom is 0.257 e. The minimum Gasteiger partial charge on any atom is -0.323 e. The van der Waals surface area contributed by atoms with Gasteiger partial charge in [-0.15, -0.1) is 0 Å². The summed E-state index contributed by atoms with van der Waals surface area (Å²) in [5.41, 5.74) is 2.98. The molecule has 0 spiro atoms. The number of nitrogens with zero attached hydrogens (tertiary/aromatic N) is 2. The number of rotatable bonds is 8. The predicted octanol–water partition coefficient (Wildman–Crippen LogP) is 5.21. The van der Waals surface area contributed by atoms with Crippen LogP contribution in [0.3, 0.4) is 0 Å². The minimum absolute atomic E-state index is 0.106. The number of halogens is 2. The van der Waals surface area contributed by atoms with Crippen molar-refractivity contribution >= 4 is 45.2 Å². The van der Waals surface area contributed by atoms with Crippen LogP contribution in [0, 0.1) is 18.8 Å². The normalized spacial score (nSPS) is 11.3. The first-order valence-electron chi connectivity index (χ1n) is 11.0. The number of nitrogens with one attached hydrogen (secondary N) is 1. The van der Waals surface area contributed by atoms with Gasteiger partial charge in [-0.3, -0.25) is 4.79 Å². The van der Waals surface area contributed by atoms with E-state index in [1.54, 1.807) is 17.6 Å². The van der Waals surface area contributed by atoms with E-state index in [1.165, 1.54) is 6.08 Å². The SMILES string of the molecule is CCCCS(=O)(=O)NC(=O)/C=C/c1c(Cl)nc(C)n1Cc1ccc(C#Cc2ccccc2)cc1Cl. The van der Waals surface area contributed by atoms with Gasteiger partial charge in [-0.1, -0.05) is 72.7 Å². The molecule has 1 aromatic heterocycles. The second-order valence-corrected chi connectivity index (χ2v) is 10.4. The van der Waals surface area contributed by atoms with Gasteiger partial charge in [0.1, 0.15) is 5.82 Å². The highest BCUT2D eigenvalue weighted by Crippen LogP contribution is 2.24. The summed E-state index contributed by atoms with van der Waals surface area (Å²) < 4.78 is 27.7. The zero-order valence-electron chi connectivity index (χ0n) is 19.4. The maximum atomic E-state index is 12.2.